The average Bonchev–Trinajstić information content (AvgIpc) is 3.48. The van der Waals surface area contributed by atoms with Gasteiger partial charge >= 0.3 is 12.1 Å². The van der Waals surface area contributed by atoms with Crippen molar-refractivity contribution in [3.8, 4) is 0 Å². The van der Waals surface area contributed by atoms with Gasteiger partial charge in [-0.1, -0.05) is 88.4 Å². The SMILES string of the molecule is CC[C@@H]1OC(=O)C(C)(F)C(=O)[C@@H](C)[C@H](O[C@@H]2O[C@H](C)C[C@H](N(C)C)[C@@H]2O)C(C)(OC)C[C@H](C)C(=O)[C@H](C)[C@H]2N(C3CN(C(c4ccccc4)c4ccccc4)C3)C(=O)O[C@@]12C. The Morgan fingerprint density at radius 2 is 1.49 bits per heavy atom. The monoisotopic (exact) mass is 851 g/mol. The van der Waals surface area contributed by atoms with Gasteiger partial charge in [-0.15, -0.1) is 0 Å². The highest BCUT2D eigenvalue weighted by Crippen LogP contribution is 2.46. The van der Waals surface area contributed by atoms with Crippen LogP contribution in [0.5, 0.6) is 0 Å². The largest absolute Gasteiger partial charge is 0.455 e. The number of benzene rings is 2. The molecule has 2 aromatic carbocycles. The van der Waals surface area contributed by atoms with Crippen molar-refractivity contribution in [3.05, 3.63) is 71.8 Å². The minimum absolute atomic E-state index is 0.000363. The first-order valence-corrected chi connectivity index (χ1v) is 21.7. The Morgan fingerprint density at radius 1 is 0.918 bits per heavy atom. The molecule has 4 aliphatic heterocycles. The maximum Gasteiger partial charge on any atom is 0.411 e. The maximum absolute atomic E-state index is 17.0. The lowest BCUT2D eigenvalue weighted by atomic mass is 9.72. The van der Waals surface area contributed by atoms with E-state index in [2.05, 4.69) is 29.2 Å². The number of rotatable bonds is 9. The fraction of sp³-hybridized carbons (Fsp3) is 0.660. The Hall–Kier alpha value is -3.79. The first kappa shape index (κ1) is 46.7. The summed E-state index contributed by atoms with van der Waals surface area (Å²) in [5.41, 5.74) is -4.06. The van der Waals surface area contributed by atoms with Crippen LogP contribution in [-0.2, 0) is 38.1 Å². The Bertz CT molecular complexity index is 1840. The van der Waals surface area contributed by atoms with Crippen molar-refractivity contribution in [3.63, 3.8) is 0 Å². The molecule has 0 aromatic heterocycles. The molecule has 0 aliphatic carbocycles. The molecule has 4 aliphatic rings. The molecule has 0 saturated carbocycles. The van der Waals surface area contributed by atoms with Crippen molar-refractivity contribution in [1.29, 1.82) is 0 Å². The molecule has 2 unspecified atom stereocenters. The predicted octanol–water partition coefficient (Wildman–Crippen LogP) is 5.76. The van der Waals surface area contributed by atoms with Gasteiger partial charge in [-0.2, -0.15) is 0 Å². The predicted molar refractivity (Wildman–Crippen MR) is 225 cm³/mol. The van der Waals surface area contributed by atoms with Gasteiger partial charge < -0.3 is 33.7 Å². The van der Waals surface area contributed by atoms with Gasteiger partial charge in [0.15, 0.2) is 17.7 Å². The summed E-state index contributed by atoms with van der Waals surface area (Å²) >= 11 is 0. The van der Waals surface area contributed by atoms with E-state index in [0.717, 1.165) is 18.1 Å². The van der Waals surface area contributed by atoms with Crippen LogP contribution in [0.25, 0.3) is 0 Å². The molecule has 4 fully saturated rings. The van der Waals surface area contributed by atoms with E-state index in [-0.39, 0.29) is 42.9 Å². The number of hydrogen-bond acceptors (Lipinski definition) is 12. The highest BCUT2D eigenvalue weighted by atomic mass is 19.1. The number of alkyl halides is 1. The average molecular weight is 852 g/mol. The molecule has 13 nitrogen and oxygen atoms in total. The number of aliphatic hydroxyl groups excluding tert-OH is 1. The fourth-order valence-corrected chi connectivity index (χ4v) is 10.5. The molecule has 0 bridgehead atoms. The van der Waals surface area contributed by atoms with E-state index in [1.165, 1.54) is 14.0 Å². The van der Waals surface area contributed by atoms with Gasteiger partial charge in [0.2, 0.25) is 0 Å². The van der Waals surface area contributed by atoms with Gasteiger partial charge in [0.05, 0.1) is 35.9 Å². The second kappa shape index (κ2) is 18.1. The summed E-state index contributed by atoms with van der Waals surface area (Å²) in [6.07, 6.45) is -5.35. The zero-order valence-corrected chi connectivity index (χ0v) is 37.6. The standard InChI is InChI=1S/C47H66FN3O10/c1-12-35-47(8)39(51(44(56)61-47)33-25-50(26-33)36(31-19-15-13-16-20-31)32-21-17-14-18-22-32)29(4)37(52)27(2)24-45(6,57-11)41(30(5)40(54)46(7,48)43(55)59-35)60-42-38(53)34(49(9)10)23-28(3)58-42/h13-22,27-30,33-36,38-39,41-42,53H,12,23-26H2,1-11H3/t27-,28+,29-,30+,34-,35-,38-,39+,41-,42-,45?,46?,47-/m0/s1. The number of fused-ring (bicyclic) bond motifs is 1. The molecule has 1 N–H and O–H groups in total. The van der Waals surface area contributed by atoms with Crippen LogP contribution in [0.4, 0.5) is 9.18 Å². The minimum Gasteiger partial charge on any atom is -0.455 e. The molecule has 61 heavy (non-hydrogen) atoms. The van der Waals surface area contributed by atoms with Crippen LogP contribution in [0, 0.1) is 17.8 Å². The number of carbonyl (C=O) groups is 4. The molecule has 1 amide bonds. The number of Topliss-reactive ketones (excluding diaryl/α,β-unsaturated/α-hetero) is 2. The number of nitrogens with zero attached hydrogens (tertiary/aromatic N) is 3. The molecule has 2 aromatic rings. The number of amides is 1. The first-order chi connectivity index (χ1) is 28.7. The molecule has 0 radical (unpaired) electrons. The third-order valence-corrected chi connectivity index (χ3v) is 14.0. The van der Waals surface area contributed by atoms with Crippen LogP contribution in [0.1, 0.15) is 91.8 Å². The molecule has 336 valence electrons. The summed E-state index contributed by atoms with van der Waals surface area (Å²) in [6, 6.07) is 18.4. The number of likely N-dealkylation sites (tertiary alicyclic amines) is 1. The van der Waals surface area contributed by atoms with Gasteiger partial charge in [-0.3, -0.25) is 19.4 Å². The summed E-state index contributed by atoms with van der Waals surface area (Å²) in [5, 5.41) is 11.5. The number of cyclic esters (lactones) is 1. The third kappa shape index (κ3) is 8.77. The number of hydrogen-bond donors (Lipinski definition) is 1. The topological polar surface area (TPSA) is 144 Å². The summed E-state index contributed by atoms with van der Waals surface area (Å²) in [6.45, 7) is 13.6. The van der Waals surface area contributed by atoms with Crippen LogP contribution in [0.15, 0.2) is 60.7 Å². The van der Waals surface area contributed by atoms with E-state index in [4.69, 9.17) is 23.7 Å². The van der Waals surface area contributed by atoms with Gasteiger partial charge in [0, 0.05) is 44.0 Å². The molecule has 14 heteroatoms. The highest BCUT2D eigenvalue weighted by Gasteiger charge is 2.64. The number of methoxy groups -OCH3 is 1. The molecule has 13 atom stereocenters. The normalized spacial score (nSPS) is 38.5. The van der Waals surface area contributed by atoms with Crippen molar-refractivity contribution in [2.45, 2.75) is 146 Å². The molecule has 6 rings (SSSR count). The van der Waals surface area contributed by atoms with Gasteiger partial charge in [0.1, 0.15) is 18.0 Å². The van der Waals surface area contributed by atoms with Crippen molar-refractivity contribution in [2.75, 3.05) is 34.3 Å². The summed E-state index contributed by atoms with van der Waals surface area (Å²) in [7, 11) is 5.07. The maximum atomic E-state index is 17.0. The van der Waals surface area contributed by atoms with E-state index in [0.29, 0.717) is 19.5 Å². The Labute approximate surface area is 360 Å². The van der Waals surface area contributed by atoms with Gasteiger partial charge in [-0.05, 0) is 72.2 Å². The lowest BCUT2D eigenvalue weighted by molar-refractivity contribution is -0.295. The minimum atomic E-state index is -3.18. The molecule has 4 saturated heterocycles. The smallest absolute Gasteiger partial charge is 0.411 e. The zero-order valence-electron chi connectivity index (χ0n) is 37.6. The Kier molecular flexibility index (Phi) is 13.9. The Morgan fingerprint density at radius 3 is 2.02 bits per heavy atom. The van der Waals surface area contributed by atoms with E-state index in [1.54, 1.807) is 39.5 Å². The van der Waals surface area contributed by atoms with Crippen molar-refractivity contribution in [1.82, 2.24) is 14.7 Å². The van der Waals surface area contributed by atoms with E-state index in [1.807, 2.05) is 62.3 Å². The van der Waals surface area contributed by atoms with Gasteiger partial charge in [0.25, 0.3) is 5.67 Å². The quantitative estimate of drug-likeness (QED) is 0.242. The summed E-state index contributed by atoms with van der Waals surface area (Å²) < 4.78 is 48.0. The molecule has 4 heterocycles. The number of aliphatic hydroxyl groups is 1. The van der Waals surface area contributed by atoms with E-state index >= 15 is 4.39 Å². The number of esters is 1. The van der Waals surface area contributed by atoms with Crippen LogP contribution in [-0.4, -0.2) is 143 Å². The number of likely N-dealkylation sites (N-methyl/N-ethyl adjacent to an activating group) is 1. The second-order valence-corrected chi connectivity index (χ2v) is 18.6. The first-order valence-electron chi connectivity index (χ1n) is 21.7. The van der Waals surface area contributed by atoms with Crippen molar-refractivity contribution in [2.24, 2.45) is 17.8 Å². The lowest BCUT2D eigenvalue weighted by Crippen LogP contribution is -2.66. The lowest BCUT2D eigenvalue weighted by Gasteiger charge is -2.50. The second-order valence-electron chi connectivity index (χ2n) is 18.6. The zero-order chi connectivity index (χ0) is 44.8. The number of ketones is 2. The van der Waals surface area contributed by atoms with Crippen molar-refractivity contribution < 1.29 is 52.4 Å². The van der Waals surface area contributed by atoms with Crippen LogP contribution in [0.3, 0.4) is 0 Å². The van der Waals surface area contributed by atoms with E-state index in [9.17, 15) is 24.3 Å². The van der Waals surface area contributed by atoms with Crippen LogP contribution < -0.4 is 0 Å². The number of ether oxygens (including phenoxy) is 5. The fourth-order valence-electron chi connectivity index (χ4n) is 10.5. The Balaban J connectivity index is 1.37. The van der Waals surface area contributed by atoms with Gasteiger partial charge in [-0.25, -0.2) is 14.0 Å². The molecule has 0 spiro atoms. The third-order valence-electron chi connectivity index (χ3n) is 14.0. The number of carbonyl (C=O) groups excluding carboxylic acids is 4. The van der Waals surface area contributed by atoms with Crippen LogP contribution >= 0.6 is 0 Å². The van der Waals surface area contributed by atoms with Crippen LogP contribution in [0.2, 0.25) is 0 Å². The van der Waals surface area contributed by atoms with Crippen molar-refractivity contribution >= 4 is 23.6 Å². The molecular formula is C47H66FN3O10. The summed E-state index contributed by atoms with van der Waals surface area (Å²) in [4.78, 5) is 63.4. The number of halogens is 1. The molecular weight excluding hydrogens is 786 g/mol. The van der Waals surface area contributed by atoms with E-state index < -0.39 is 83.1 Å². The summed E-state index contributed by atoms with van der Waals surface area (Å²) in [5.74, 6) is -5.78. The highest BCUT2D eigenvalue weighted by molar-refractivity contribution is 6.08.